The molecule has 1 aliphatic heterocycles. The number of quaternary nitrogens is 1. The molecule has 2 amide bonds. The molecule has 0 saturated heterocycles. The van der Waals surface area contributed by atoms with Gasteiger partial charge in [-0.2, -0.15) is 0 Å². The summed E-state index contributed by atoms with van der Waals surface area (Å²) in [5, 5.41) is 13.2. The van der Waals surface area contributed by atoms with E-state index >= 15 is 0 Å². The van der Waals surface area contributed by atoms with Crippen molar-refractivity contribution in [1.29, 1.82) is 0 Å². The Hall–Kier alpha value is -1.62. The summed E-state index contributed by atoms with van der Waals surface area (Å²) in [5.41, 5.74) is 0.751. The lowest BCUT2D eigenvalue weighted by atomic mass is 10.1. The Kier molecular flexibility index (Phi) is 6.44. The fraction of sp³-hybridized carbons (Fsp3) is 0.632. The number of alkyl halides is 3. The fourth-order valence-electron chi connectivity index (χ4n) is 2.97. The second-order valence-corrected chi connectivity index (χ2v) is 13.7. The smallest absolute Gasteiger partial charge is 0.573 e. The lowest BCUT2D eigenvalue weighted by Crippen LogP contribution is -2.57. The quantitative estimate of drug-likeness (QED) is 0.261. The standard InChI is InChI=1S/C19H29F3N2O4Si/c1-18(2,3)29(5,6)27-11-7-10-24(26)13-14-12-15(28-19(20,21)22)8-9-16(14)23(4)17(24)25/h8-9,12H,7,10-11,13H2,1-6H3. The first kappa shape index (κ1) is 23.7. The van der Waals surface area contributed by atoms with Crippen LogP contribution in [0.15, 0.2) is 18.2 Å². The highest BCUT2D eigenvalue weighted by Crippen LogP contribution is 2.37. The van der Waals surface area contributed by atoms with Gasteiger partial charge in [0.25, 0.3) is 0 Å². The van der Waals surface area contributed by atoms with Crippen LogP contribution in [0.4, 0.5) is 23.7 Å². The second kappa shape index (κ2) is 7.90. The number of rotatable bonds is 6. The third-order valence-corrected chi connectivity index (χ3v) is 10.2. The lowest BCUT2D eigenvalue weighted by Gasteiger charge is -2.45. The van der Waals surface area contributed by atoms with Gasteiger partial charge in [-0.25, -0.2) is 4.79 Å². The van der Waals surface area contributed by atoms with E-state index in [2.05, 4.69) is 38.6 Å². The number of hydroxylamine groups is 3. The van der Waals surface area contributed by atoms with Crippen molar-refractivity contribution >= 4 is 20.0 Å². The number of hydrogen-bond acceptors (Lipinski definition) is 4. The second-order valence-electron chi connectivity index (χ2n) is 8.91. The summed E-state index contributed by atoms with van der Waals surface area (Å²) in [6.45, 7) is 10.7. The Balaban J connectivity index is 2.10. The van der Waals surface area contributed by atoms with Crippen LogP contribution in [0.1, 0.15) is 32.8 Å². The maximum absolute atomic E-state index is 13.2. The largest absolute Gasteiger partial charge is 0.624 e. The van der Waals surface area contributed by atoms with Gasteiger partial charge in [0.2, 0.25) is 0 Å². The molecular weight excluding hydrogens is 405 g/mol. The van der Waals surface area contributed by atoms with Crippen molar-refractivity contribution < 1.29 is 31.8 Å². The molecular formula is C19H29F3N2O4Si. The van der Waals surface area contributed by atoms with Crippen molar-refractivity contribution in [2.24, 2.45) is 0 Å². The number of ether oxygens (including phenoxy) is 1. The molecule has 6 nitrogen and oxygen atoms in total. The Labute approximate surface area is 170 Å². The SMILES string of the molecule is CN1C(=O)[N+]([O-])(CCCO[Si](C)(C)C(C)(C)C)Cc2cc(OC(F)(F)F)ccc21. The van der Waals surface area contributed by atoms with Crippen LogP contribution in [0, 0.1) is 5.21 Å². The summed E-state index contributed by atoms with van der Waals surface area (Å²) < 4.78 is 46.3. The number of carbonyl (C=O) groups is 1. The van der Waals surface area contributed by atoms with Gasteiger partial charge in [-0.15, -0.1) is 13.2 Å². The molecule has 29 heavy (non-hydrogen) atoms. The van der Waals surface area contributed by atoms with Crippen LogP contribution in [0.5, 0.6) is 5.75 Å². The average Bonchev–Trinajstić information content (AvgIpc) is 2.54. The fourth-order valence-corrected chi connectivity index (χ4v) is 4.06. The summed E-state index contributed by atoms with van der Waals surface area (Å²) in [4.78, 5) is 13.8. The Morgan fingerprint density at radius 2 is 1.86 bits per heavy atom. The van der Waals surface area contributed by atoms with Crippen LogP contribution in [0.3, 0.4) is 0 Å². The van der Waals surface area contributed by atoms with Gasteiger partial charge < -0.3 is 14.4 Å². The van der Waals surface area contributed by atoms with E-state index in [1.54, 1.807) is 0 Å². The highest BCUT2D eigenvalue weighted by Gasteiger charge is 2.40. The zero-order valence-electron chi connectivity index (χ0n) is 17.7. The van der Waals surface area contributed by atoms with Crippen LogP contribution in [0.25, 0.3) is 0 Å². The van der Waals surface area contributed by atoms with Crippen molar-refractivity contribution in [2.75, 3.05) is 25.1 Å². The summed E-state index contributed by atoms with van der Waals surface area (Å²) in [6, 6.07) is 3.02. The molecule has 0 aliphatic carbocycles. The number of anilines is 1. The number of benzene rings is 1. The molecule has 0 N–H and O–H groups in total. The zero-order valence-corrected chi connectivity index (χ0v) is 18.7. The van der Waals surface area contributed by atoms with E-state index in [-0.39, 0.29) is 18.1 Å². The Morgan fingerprint density at radius 3 is 2.41 bits per heavy atom. The topological polar surface area (TPSA) is 61.8 Å². The molecule has 0 saturated carbocycles. The zero-order chi connectivity index (χ0) is 22.3. The number of carbonyl (C=O) groups excluding carboxylic acids is 1. The number of fused-ring (bicyclic) bond motifs is 1. The minimum atomic E-state index is -4.82. The maximum Gasteiger partial charge on any atom is 0.573 e. The minimum Gasteiger partial charge on any atom is -0.624 e. The molecule has 10 heteroatoms. The molecule has 1 heterocycles. The van der Waals surface area contributed by atoms with Gasteiger partial charge in [0.15, 0.2) is 8.32 Å². The van der Waals surface area contributed by atoms with Gasteiger partial charge in [-0.3, -0.25) is 9.55 Å². The number of amides is 2. The van der Waals surface area contributed by atoms with E-state index in [0.29, 0.717) is 24.3 Å². The highest BCUT2D eigenvalue weighted by atomic mass is 28.4. The summed E-state index contributed by atoms with van der Waals surface area (Å²) in [5.74, 6) is -0.410. The molecule has 0 spiro atoms. The van der Waals surface area contributed by atoms with Crippen molar-refractivity contribution in [3.63, 3.8) is 0 Å². The third kappa shape index (κ3) is 5.50. The predicted octanol–water partition coefficient (Wildman–Crippen LogP) is 5.38. The molecule has 1 aliphatic rings. The Morgan fingerprint density at radius 1 is 1.24 bits per heavy atom. The monoisotopic (exact) mass is 434 g/mol. The van der Waals surface area contributed by atoms with Crippen molar-refractivity contribution in [2.45, 2.75) is 58.2 Å². The summed E-state index contributed by atoms with van der Waals surface area (Å²) >= 11 is 0. The molecule has 0 fully saturated rings. The number of hydrogen-bond donors (Lipinski definition) is 0. The Bertz CT molecular complexity index is 765. The van der Waals surface area contributed by atoms with Gasteiger partial charge in [-0.05, 0) is 36.3 Å². The number of halogens is 3. The minimum absolute atomic E-state index is 0.0123. The normalized spacial score (nSPS) is 20.6. The van der Waals surface area contributed by atoms with Gasteiger partial charge in [0, 0.05) is 25.6 Å². The summed E-state index contributed by atoms with van der Waals surface area (Å²) in [6.07, 6.45) is -4.45. The van der Waals surface area contributed by atoms with E-state index < -0.39 is 31.1 Å². The van der Waals surface area contributed by atoms with Gasteiger partial charge >= 0.3 is 12.4 Å². The predicted molar refractivity (Wildman–Crippen MR) is 107 cm³/mol. The van der Waals surface area contributed by atoms with Crippen LogP contribution in [-0.4, -0.2) is 45.6 Å². The summed E-state index contributed by atoms with van der Waals surface area (Å²) in [7, 11) is -0.516. The first-order valence-corrected chi connectivity index (χ1v) is 12.4. The van der Waals surface area contributed by atoms with E-state index in [4.69, 9.17) is 4.43 Å². The molecule has 2 rings (SSSR count). The highest BCUT2D eigenvalue weighted by molar-refractivity contribution is 6.74. The third-order valence-electron chi connectivity index (χ3n) is 5.64. The molecule has 164 valence electrons. The number of urea groups is 1. The van der Waals surface area contributed by atoms with Crippen molar-refractivity contribution in [3.05, 3.63) is 29.0 Å². The van der Waals surface area contributed by atoms with E-state index in [1.165, 1.54) is 24.1 Å². The van der Waals surface area contributed by atoms with Crippen molar-refractivity contribution in [3.8, 4) is 5.75 Å². The molecule has 1 unspecified atom stereocenters. The van der Waals surface area contributed by atoms with Crippen LogP contribution < -0.4 is 9.64 Å². The van der Waals surface area contributed by atoms with Crippen LogP contribution in [-0.2, 0) is 11.0 Å². The first-order valence-electron chi connectivity index (χ1n) is 9.45. The molecule has 1 atom stereocenters. The molecule has 1 aromatic rings. The van der Waals surface area contributed by atoms with E-state index in [9.17, 15) is 23.2 Å². The first-order chi connectivity index (χ1) is 13.1. The van der Waals surface area contributed by atoms with Crippen LogP contribution in [0.2, 0.25) is 18.1 Å². The van der Waals surface area contributed by atoms with Crippen molar-refractivity contribution in [1.82, 2.24) is 0 Å². The number of nitrogens with zero attached hydrogens (tertiary/aromatic N) is 2. The molecule has 0 bridgehead atoms. The van der Waals surface area contributed by atoms with Gasteiger partial charge in [0.1, 0.15) is 12.3 Å². The van der Waals surface area contributed by atoms with Gasteiger partial charge in [-0.1, -0.05) is 20.8 Å². The lowest BCUT2D eigenvalue weighted by molar-refractivity contribution is -0.813. The maximum atomic E-state index is 13.2. The van der Waals surface area contributed by atoms with Gasteiger partial charge in [0.05, 0.1) is 12.2 Å². The molecule has 0 radical (unpaired) electrons. The average molecular weight is 435 g/mol. The van der Waals surface area contributed by atoms with E-state index in [0.717, 1.165) is 6.07 Å². The molecule has 1 aromatic carbocycles. The van der Waals surface area contributed by atoms with E-state index in [1.807, 2.05) is 0 Å². The van der Waals surface area contributed by atoms with Crippen LogP contribution >= 0.6 is 0 Å². The molecule has 0 aromatic heterocycles.